The Morgan fingerprint density at radius 2 is 2.20 bits per heavy atom. The van der Waals surface area contributed by atoms with Crippen molar-refractivity contribution in [1.29, 1.82) is 0 Å². The van der Waals surface area contributed by atoms with E-state index in [-0.39, 0.29) is 17.7 Å². The third kappa shape index (κ3) is 3.00. The number of hydrogen-bond donors (Lipinski definition) is 1. The Balaban J connectivity index is 2.25. The molecule has 0 aromatic carbocycles. The zero-order valence-electron chi connectivity index (χ0n) is 12.1. The lowest BCUT2D eigenvalue weighted by Crippen LogP contribution is -2.44. The predicted octanol–water partition coefficient (Wildman–Crippen LogP) is 2.65. The maximum atomic E-state index is 14.0. The van der Waals surface area contributed by atoms with Gasteiger partial charge in [-0.1, -0.05) is 6.92 Å². The first-order chi connectivity index (χ1) is 9.56. The van der Waals surface area contributed by atoms with E-state index in [1.807, 2.05) is 11.8 Å². The highest BCUT2D eigenvalue weighted by molar-refractivity contribution is 5.49. The van der Waals surface area contributed by atoms with Gasteiger partial charge in [-0.05, 0) is 19.3 Å². The van der Waals surface area contributed by atoms with E-state index in [0.717, 1.165) is 12.5 Å². The second-order valence-electron chi connectivity index (χ2n) is 5.14. The molecule has 0 bridgehead atoms. The number of rotatable bonds is 4. The summed E-state index contributed by atoms with van der Waals surface area (Å²) in [5, 5.41) is 2.81. The predicted molar refractivity (Wildman–Crippen MR) is 75.1 cm³/mol. The molecule has 1 aliphatic rings. The van der Waals surface area contributed by atoms with Crippen LogP contribution < -0.4 is 10.2 Å². The standard InChI is InChI=1S/C14H21F2N3O/c1-4-17-13-10(15)7-11(16)14(18-13)19-6-5-9(2)12(8-19)20-3/h7,9,12H,4-6,8H2,1-3H3,(H,17,18). The first-order valence-electron chi connectivity index (χ1n) is 6.94. The summed E-state index contributed by atoms with van der Waals surface area (Å²) in [6.07, 6.45) is 0.936. The Labute approximate surface area is 118 Å². The number of hydrogen-bond acceptors (Lipinski definition) is 4. The number of anilines is 2. The number of pyridine rings is 1. The number of nitrogens with zero attached hydrogens (tertiary/aromatic N) is 2. The average molecular weight is 285 g/mol. The van der Waals surface area contributed by atoms with Gasteiger partial charge in [0.25, 0.3) is 0 Å². The molecule has 1 aromatic rings. The van der Waals surface area contributed by atoms with Crippen LogP contribution in [0.2, 0.25) is 0 Å². The Hall–Kier alpha value is -1.43. The van der Waals surface area contributed by atoms with E-state index in [1.54, 1.807) is 7.11 Å². The van der Waals surface area contributed by atoms with E-state index >= 15 is 0 Å². The van der Waals surface area contributed by atoms with E-state index in [0.29, 0.717) is 25.6 Å². The molecule has 1 aromatic heterocycles. The van der Waals surface area contributed by atoms with Crippen molar-refractivity contribution in [2.75, 3.05) is 37.0 Å². The number of halogens is 2. The van der Waals surface area contributed by atoms with Gasteiger partial charge in [0.1, 0.15) is 0 Å². The molecule has 2 heterocycles. The van der Waals surface area contributed by atoms with Crippen LogP contribution in [0.4, 0.5) is 20.4 Å². The topological polar surface area (TPSA) is 37.4 Å². The van der Waals surface area contributed by atoms with E-state index in [1.165, 1.54) is 0 Å². The Bertz CT molecular complexity index is 470. The summed E-state index contributed by atoms with van der Waals surface area (Å²) in [6, 6.07) is 0.889. The third-order valence-electron chi connectivity index (χ3n) is 3.75. The van der Waals surface area contributed by atoms with Crippen LogP contribution in [0.5, 0.6) is 0 Å². The lowest BCUT2D eigenvalue weighted by Gasteiger charge is -2.37. The summed E-state index contributed by atoms with van der Waals surface area (Å²) < 4.78 is 33.0. The highest BCUT2D eigenvalue weighted by Gasteiger charge is 2.28. The molecule has 112 valence electrons. The van der Waals surface area contributed by atoms with Gasteiger partial charge in [0, 0.05) is 32.8 Å². The molecule has 0 spiro atoms. The molecule has 0 saturated carbocycles. The minimum Gasteiger partial charge on any atom is -0.379 e. The second-order valence-corrected chi connectivity index (χ2v) is 5.14. The first-order valence-corrected chi connectivity index (χ1v) is 6.94. The molecule has 1 saturated heterocycles. The van der Waals surface area contributed by atoms with Crippen LogP contribution in [0.15, 0.2) is 6.07 Å². The third-order valence-corrected chi connectivity index (χ3v) is 3.75. The Kier molecular flexibility index (Phi) is 4.75. The Morgan fingerprint density at radius 1 is 1.45 bits per heavy atom. The molecule has 6 heteroatoms. The molecule has 4 nitrogen and oxygen atoms in total. The second kappa shape index (κ2) is 6.35. The van der Waals surface area contributed by atoms with Crippen LogP contribution >= 0.6 is 0 Å². The van der Waals surface area contributed by atoms with Crippen LogP contribution in [0, 0.1) is 17.6 Å². The number of aromatic nitrogens is 1. The van der Waals surface area contributed by atoms with E-state index in [4.69, 9.17) is 4.74 Å². The van der Waals surface area contributed by atoms with Gasteiger partial charge in [0.15, 0.2) is 23.3 Å². The van der Waals surface area contributed by atoms with E-state index < -0.39 is 11.6 Å². The fourth-order valence-corrected chi connectivity index (χ4v) is 2.50. The number of piperidine rings is 1. The highest BCUT2D eigenvalue weighted by Crippen LogP contribution is 2.27. The van der Waals surface area contributed by atoms with Crippen LogP contribution in [-0.4, -0.2) is 37.8 Å². The van der Waals surface area contributed by atoms with Crippen molar-refractivity contribution in [3.8, 4) is 0 Å². The van der Waals surface area contributed by atoms with Gasteiger partial charge >= 0.3 is 0 Å². The van der Waals surface area contributed by atoms with Gasteiger partial charge in [0.2, 0.25) is 0 Å². The molecular formula is C14H21F2N3O. The monoisotopic (exact) mass is 285 g/mol. The zero-order chi connectivity index (χ0) is 14.7. The summed E-state index contributed by atoms with van der Waals surface area (Å²) in [5.74, 6) is -0.587. The fraction of sp³-hybridized carbons (Fsp3) is 0.643. The van der Waals surface area contributed by atoms with Gasteiger partial charge in [-0.15, -0.1) is 0 Å². The summed E-state index contributed by atoms with van der Waals surface area (Å²) in [5.41, 5.74) is 0. The van der Waals surface area contributed by atoms with Crippen LogP contribution in [-0.2, 0) is 4.74 Å². The lowest BCUT2D eigenvalue weighted by molar-refractivity contribution is 0.0495. The summed E-state index contributed by atoms with van der Waals surface area (Å²) >= 11 is 0. The van der Waals surface area contributed by atoms with Crippen molar-refractivity contribution in [3.63, 3.8) is 0 Å². The number of nitrogens with one attached hydrogen (secondary N) is 1. The molecule has 1 N–H and O–H groups in total. The van der Waals surface area contributed by atoms with E-state index in [2.05, 4.69) is 17.2 Å². The van der Waals surface area contributed by atoms with Gasteiger partial charge in [0.05, 0.1) is 6.10 Å². The summed E-state index contributed by atoms with van der Waals surface area (Å²) in [6.45, 7) is 5.76. The molecule has 0 radical (unpaired) electrons. The first kappa shape index (κ1) is 15.0. The van der Waals surface area contributed by atoms with Gasteiger partial charge in [-0.3, -0.25) is 0 Å². The molecule has 2 rings (SSSR count). The molecule has 2 atom stereocenters. The molecule has 2 unspecified atom stereocenters. The van der Waals surface area contributed by atoms with Gasteiger partial charge < -0.3 is 15.0 Å². The molecule has 0 aliphatic carbocycles. The Morgan fingerprint density at radius 3 is 2.85 bits per heavy atom. The number of methoxy groups -OCH3 is 1. The van der Waals surface area contributed by atoms with Crippen LogP contribution in [0.3, 0.4) is 0 Å². The molecule has 1 fully saturated rings. The molecule has 1 aliphatic heterocycles. The van der Waals surface area contributed by atoms with Crippen LogP contribution in [0.25, 0.3) is 0 Å². The van der Waals surface area contributed by atoms with Crippen molar-refractivity contribution < 1.29 is 13.5 Å². The van der Waals surface area contributed by atoms with Crippen molar-refractivity contribution in [2.24, 2.45) is 5.92 Å². The minimum absolute atomic E-state index is 0.0394. The molecule has 0 amide bonds. The SMILES string of the molecule is CCNc1nc(N2CCC(C)C(OC)C2)c(F)cc1F. The van der Waals surface area contributed by atoms with E-state index in [9.17, 15) is 8.78 Å². The number of ether oxygens (including phenoxy) is 1. The van der Waals surface area contributed by atoms with Crippen molar-refractivity contribution in [1.82, 2.24) is 4.98 Å². The van der Waals surface area contributed by atoms with Crippen molar-refractivity contribution in [2.45, 2.75) is 26.4 Å². The lowest BCUT2D eigenvalue weighted by atomic mass is 9.96. The normalized spacial score (nSPS) is 22.9. The molecule has 20 heavy (non-hydrogen) atoms. The zero-order valence-corrected chi connectivity index (χ0v) is 12.1. The summed E-state index contributed by atoms with van der Waals surface area (Å²) in [7, 11) is 1.66. The maximum absolute atomic E-state index is 14.0. The van der Waals surface area contributed by atoms with Gasteiger partial charge in [-0.25, -0.2) is 13.8 Å². The highest BCUT2D eigenvalue weighted by atomic mass is 19.1. The summed E-state index contributed by atoms with van der Waals surface area (Å²) in [4.78, 5) is 5.91. The van der Waals surface area contributed by atoms with Crippen molar-refractivity contribution >= 4 is 11.6 Å². The maximum Gasteiger partial charge on any atom is 0.168 e. The van der Waals surface area contributed by atoms with Gasteiger partial charge in [-0.2, -0.15) is 0 Å². The largest absolute Gasteiger partial charge is 0.379 e. The van der Waals surface area contributed by atoms with Crippen LogP contribution in [0.1, 0.15) is 20.3 Å². The quantitative estimate of drug-likeness (QED) is 0.923. The molecular weight excluding hydrogens is 264 g/mol. The average Bonchev–Trinajstić information content (AvgIpc) is 2.43. The van der Waals surface area contributed by atoms with Crippen molar-refractivity contribution in [3.05, 3.63) is 17.7 Å². The minimum atomic E-state index is -0.665. The smallest absolute Gasteiger partial charge is 0.168 e. The fourth-order valence-electron chi connectivity index (χ4n) is 2.50.